The highest BCUT2D eigenvalue weighted by atomic mass is 127. The molecule has 0 heterocycles. The third kappa shape index (κ3) is 3.34. The maximum Gasteiger partial charge on any atom is 0.252 e. The number of nitrogens with one attached hydrogen (secondary N) is 1. The maximum absolute atomic E-state index is 12.0. The number of nitrogens with zero attached hydrogens (tertiary/aromatic N) is 1. The number of nitrogens with two attached hydrogens (primary N) is 1. The molecule has 0 aromatic heterocycles. The van der Waals surface area contributed by atoms with E-state index in [9.17, 15) is 4.79 Å². The Bertz CT molecular complexity index is 459. The van der Waals surface area contributed by atoms with Crippen LogP contribution in [0.3, 0.4) is 0 Å². The Morgan fingerprint density at radius 3 is 2.50 bits per heavy atom. The van der Waals surface area contributed by atoms with E-state index in [1.165, 1.54) is 0 Å². The van der Waals surface area contributed by atoms with Gasteiger partial charge in [-0.15, -0.1) is 0 Å². The smallest absolute Gasteiger partial charge is 0.252 e. The second-order valence-corrected chi connectivity index (χ2v) is 5.38. The normalized spacial score (nSPS) is 14.9. The van der Waals surface area contributed by atoms with Gasteiger partial charge in [-0.25, -0.2) is 0 Å². The lowest BCUT2D eigenvalue weighted by Crippen LogP contribution is -2.55. The summed E-state index contributed by atoms with van der Waals surface area (Å²) in [6.07, 6.45) is 0.527. The van der Waals surface area contributed by atoms with Crippen molar-refractivity contribution < 1.29 is 10.0 Å². The molecule has 6 heteroatoms. The Kier molecular flexibility index (Phi) is 4.94. The standard InChI is InChI=1S/C12H16IN3O2/c1-3-12(2,11(14)16-18)15-10(17)8-4-6-9(13)7-5-8/h4-7,18H,3H2,1-2H3,(H2,14,16)(H,15,17). The second kappa shape index (κ2) is 6.03. The van der Waals surface area contributed by atoms with Gasteiger partial charge in [0, 0.05) is 9.13 Å². The molecule has 0 bridgehead atoms. The van der Waals surface area contributed by atoms with Gasteiger partial charge < -0.3 is 16.3 Å². The molecule has 1 aromatic rings. The fourth-order valence-corrected chi connectivity index (χ4v) is 1.73. The van der Waals surface area contributed by atoms with Gasteiger partial charge in [0.2, 0.25) is 0 Å². The highest BCUT2D eigenvalue weighted by Crippen LogP contribution is 2.12. The molecule has 0 aliphatic heterocycles. The van der Waals surface area contributed by atoms with Crippen molar-refractivity contribution in [2.24, 2.45) is 10.9 Å². The molecule has 18 heavy (non-hydrogen) atoms. The average Bonchev–Trinajstić information content (AvgIpc) is 2.38. The minimum atomic E-state index is -0.852. The predicted octanol–water partition coefficient (Wildman–Crippen LogP) is 1.94. The zero-order chi connectivity index (χ0) is 13.8. The lowest BCUT2D eigenvalue weighted by Gasteiger charge is -2.28. The van der Waals surface area contributed by atoms with E-state index in [-0.39, 0.29) is 11.7 Å². The van der Waals surface area contributed by atoms with Crippen LogP contribution < -0.4 is 11.1 Å². The minimum absolute atomic E-state index is 0.0103. The number of hydrogen-bond donors (Lipinski definition) is 3. The van der Waals surface area contributed by atoms with Gasteiger partial charge in [-0.05, 0) is 60.2 Å². The SMILES string of the molecule is CCC(C)(NC(=O)c1ccc(I)cc1)/C(N)=N/O. The summed E-state index contributed by atoms with van der Waals surface area (Å²) in [4.78, 5) is 12.0. The van der Waals surface area contributed by atoms with E-state index < -0.39 is 5.54 Å². The molecule has 98 valence electrons. The van der Waals surface area contributed by atoms with E-state index in [4.69, 9.17) is 10.9 Å². The fourth-order valence-electron chi connectivity index (χ4n) is 1.37. The number of benzene rings is 1. The monoisotopic (exact) mass is 361 g/mol. The van der Waals surface area contributed by atoms with Crippen LogP contribution in [0, 0.1) is 3.57 Å². The molecule has 4 N–H and O–H groups in total. The summed E-state index contributed by atoms with van der Waals surface area (Å²) >= 11 is 2.17. The molecule has 0 spiro atoms. The molecule has 1 amide bonds. The number of carbonyl (C=O) groups is 1. The van der Waals surface area contributed by atoms with Crippen LogP contribution >= 0.6 is 22.6 Å². The molecule has 1 rings (SSSR count). The maximum atomic E-state index is 12.0. The molecular formula is C12H16IN3O2. The van der Waals surface area contributed by atoms with Crippen LogP contribution in [0.5, 0.6) is 0 Å². The van der Waals surface area contributed by atoms with Crippen molar-refractivity contribution in [2.75, 3.05) is 0 Å². The molecule has 1 atom stereocenters. The Morgan fingerprint density at radius 2 is 2.06 bits per heavy atom. The quantitative estimate of drug-likeness (QED) is 0.252. The Hall–Kier alpha value is -1.31. The fraction of sp³-hybridized carbons (Fsp3) is 0.333. The summed E-state index contributed by atoms with van der Waals surface area (Å²) < 4.78 is 1.05. The average molecular weight is 361 g/mol. The van der Waals surface area contributed by atoms with Crippen LogP contribution in [0.15, 0.2) is 29.4 Å². The number of amides is 1. The minimum Gasteiger partial charge on any atom is -0.409 e. The lowest BCUT2D eigenvalue weighted by molar-refractivity contribution is 0.0925. The van der Waals surface area contributed by atoms with Gasteiger partial charge in [0.15, 0.2) is 5.84 Å². The number of hydrogen-bond acceptors (Lipinski definition) is 3. The molecule has 0 aliphatic rings. The van der Waals surface area contributed by atoms with E-state index >= 15 is 0 Å². The van der Waals surface area contributed by atoms with Crippen LogP contribution in [0.1, 0.15) is 30.6 Å². The van der Waals surface area contributed by atoms with Gasteiger partial charge >= 0.3 is 0 Å². The Morgan fingerprint density at radius 1 is 1.50 bits per heavy atom. The van der Waals surface area contributed by atoms with E-state index in [0.29, 0.717) is 12.0 Å². The van der Waals surface area contributed by atoms with E-state index in [1.54, 1.807) is 19.1 Å². The van der Waals surface area contributed by atoms with Gasteiger partial charge in [0.1, 0.15) is 0 Å². The number of carbonyl (C=O) groups excluding carboxylic acids is 1. The molecule has 1 unspecified atom stereocenters. The molecule has 0 saturated heterocycles. The highest BCUT2D eigenvalue weighted by Gasteiger charge is 2.29. The number of rotatable bonds is 4. The number of amidine groups is 1. The third-order valence-electron chi connectivity index (χ3n) is 2.88. The summed E-state index contributed by atoms with van der Waals surface area (Å²) in [5, 5.41) is 14.5. The van der Waals surface area contributed by atoms with Crippen molar-refractivity contribution in [1.82, 2.24) is 5.32 Å². The van der Waals surface area contributed by atoms with Crippen molar-refractivity contribution in [2.45, 2.75) is 25.8 Å². The van der Waals surface area contributed by atoms with Gasteiger partial charge in [0.25, 0.3) is 5.91 Å². The molecule has 1 aromatic carbocycles. The van der Waals surface area contributed by atoms with Crippen LogP contribution in [-0.4, -0.2) is 22.5 Å². The molecule has 5 nitrogen and oxygen atoms in total. The Labute approximate surface area is 120 Å². The first-order valence-electron chi connectivity index (χ1n) is 5.49. The summed E-state index contributed by atoms with van der Waals surface area (Å²) in [7, 11) is 0. The van der Waals surface area contributed by atoms with Gasteiger partial charge in [-0.1, -0.05) is 12.1 Å². The highest BCUT2D eigenvalue weighted by molar-refractivity contribution is 14.1. The summed E-state index contributed by atoms with van der Waals surface area (Å²) in [6, 6.07) is 7.17. The Balaban J connectivity index is 2.89. The number of oxime groups is 1. The van der Waals surface area contributed by atoms with Crippen molar-refractivity contribution in [3.63, 3.8) is 0 Å². The van der Waals surface area contributed by atoms with Gasteiger partial charge in [0.05, 0.1) is 5.54 Å². The first-order valence-corrected chi connectivity index (χ1v) is 6.57. The molecule has 0 radical (unpaired) electrons. The van der Waals surface area contributed by atoms with Gasteiger partial charge in [-0.2, -0.15) is 0 Å². The first-order chi connectivity index (χ1) is 8.42. The zero-order valence-corrected chi connectivity index (χ0v) is 12.4. The second-order valence-electron chi connectivity index (χ2n) is 4.13. The van der Waals surface area contributed by atoms with E-state index in [2.05, 4.69) is 33.1 Å². The van der Waals surface area contributed by atoms with Crippen molar-refractivity contribution in [3.8, 4) is 0 Å². The van der Waals surface area contributed by atoms with E-state index in [1.807, 2.05) is 19.1 Å². The first kappa shape index (κ1) is 14.7. The molecule has 0 aliphatic carbocycles. The third-order valence-corrected chi connectivity index (χ3v) is 3.60. The van der Waals surface area contributed by atoms with Crippen molar-refractivity contribution >= 4 is 34.3 Å². The predicted molar refractivity (Wildman–Crippen MR) is 78.7 cm³/mol. The number of halogens is 1. The molecular weight excluding hydrogens is 345 g/mol. The van der Waals surface area contributed by atoms with E-state index in [0.717, 1.165) is 3.57 Å². The molecule has 0 fully saturated rings. The largest absolute Gasteiger partial charge is 0.409 e. The molecule has 0 saturated carbocycles. The van der Waals surface area contributed by atoms with Gasteiger partial charge in [-0.3, -0.25) is 4.79 Å². The van der Waals surface area contributed by atoms with Crippen LogP contribution in [0.25, 0.3) is 0 Å². The van der Waals surface area contributed by atoms with Crippen LogP contribution in [0.4, 0.5) is 0 Å². The summed E-state index contributed by atoms with van der Waals surface area (Å²) in [6.45, 7) is 3.57. The van der Waals surface area contributed by atoms with Crippen molar-refractivity contribution in [3.05, 3.63) is 33.4 Å². The lowest BCUT2D eigenvalue weighted by atomic mass is 9.97. The topological polar surface area (TPSA) is 87.7 Å². The zero-order valence-electron chi connectivity index (χ0n) is 10.3. The van der Waals surface area contributed by atoms with Crippen molar-refractivity contribution in [1.29, 1.82) is 0 Å². The van der Waals surface area contributed by atoms with Crippen LogP contribution in [0.2, 0.25) is 0 Å². The summed E-state index contributed by atoms with van der Waals surface area (Å²) in [5.74, 6) is -0.258. The summed E-state index contributed by atoms with van der Waals surface area (Å²) in [5.41, 5.74) is 5.29. The van der Waals surface area contributed by atoms with Crippen LogP contribution in [-0.2, 0) is 0 Å².